The van der Waals surface area contributed by atoms with Crippen LogP contribution in [0.1, 0.15) is 49.2 Å². The normalized spacial score (nSPS) is 18.8. The van der Waals surface area contributed by atoms with Crippen molar-refractivity contribution in [1.82, 2.24) is 15.5 Å². The summed E-state index contributed by atoms with van der Waals surface area (Å²) in [5.41, 5.74) is 1.65. The fraction of sp³-hybridized carbons (Fsp3) is 0.417. The van der Waals surface area contributed by atoms with Crippen molar-refractivity contribution in [3.05, 3.63) is 70.7 Å². The van der Waals surface area contributed by atoms with E-state index in [2.05, 4.69) is 46.7 Å². The van der Waals surface area contributed by atoms with E-state index in [0.29, 0.717) is 16.6 Å². The Morgan fingerprint density at radius 2 is 1.70 bits per heavy atom. The molecule has 0 aliphatic carbocycles. The molecule has 0 bridgehead atoms. The molecule has 3 rings (SSSR count). The minimum absolute atomic E-state index is 0.0443. The minimum Gasteiger partial charge on any atom is -0.350 e. The lowest BCUT2D eigenvalue weighted by atomic mass is 10.0. The highest BCUT2D eigenvalue weighted by Crippen LogP contribution is 2.24. The zero-order chi connectivity index (χ0) is 21.7. The number of nitrogens with zero attached hydrogens (tertiary/aromatic N) is 1. The molecule has 30 heavy (non-hydrogen) atoms. The monoisotopic (exact) mass is 427 g/mol. The summed E-state index contributed by atoms with van der Waals surface area (Å²) in [4.78, 5) is 28.0. The molecule has 0 aromatic heterocycles. The molecule has 2 amide bonds. The van der Waals surface area contributed by atoms with E-state index in [-0.39, 0.29) is 23.8 Å². The maximum atomic E-state index is 13.0. The molecule has 1 aliphatic heterocycles. The molecule has 1 fully saturated rings. The van der Waals surface area contributed by atoms with Gasteiger partial charge in [-0.3, -0.25) is 14.5 Å². The second kappa shape index (κ2) is 10.1. The van der Waals surface area contributed by atoms with Crippen molar-refractivity contribution >= 4 is 23.4 Å². The predicted octanol–water partition coefficient (Wildman–Crippen LogP) is 4.05. The van der Waals surface area contributed by atoms with Crippen molar-refractivity contribution in [2.45, 2.75) is 45.3 Å². The minimum atomic E-state index is -0.616. The van der Waals surface area contributed by atoms with Gasteiger partial charge in [0.05, 0.1) is 10.6 Å². The Balaban J connectivity index is 1.59. The van der Waals surface area contributed by atoms with E-state index in [4.69, 9.17) is 11.6 Å². The van der Waals surface area contributed by atoms with Gasteiger partial charge in [0.1, 0.15) is 6.04 Å². The molecule has 2 N–H and O–H groups in total. The first-order valence-electron chi connectivity index (χ1n) is 10.5. The summed E-state index contributed by atoms with van der Waals surface area (Å²) < 4.78 is 0. The fourth-order valence-corrected chi connectivity index (χ4v) is 4.11. The summed E-state index contributed by atoms with van der Waals surface area (Å²) in [6.07, 6.45) is 0.895. The van der Waals surface area contributed by atoms with Crippen LogP contribution in [0.3, 0.4) is 0 Å². The lowest BCUT2D eigenvalue weighted by Crippen LogP contribution is -2.52. The number of amides is 2. The van der Waals surface area contributed by atoms with Crippen molar-refractivity contribution < 1.29 is 9.59 Å². The first-order chi connectivity index (χ1) is 14.4. The van der Waals surface area contributed by atoms with Crippen LogP contribution in [0.15, 0.2) is 54.6 Å². The number of likely N-dealkylation sites (tertiary alicyclic amines) is 1. The molecular formula is C24H30ClN3O2. The van der Waals surface area contributed by atoms with Gasteiger partial charge >= 0.3 is 0 Å². The number of benzene rings is 2. The summed E-state index contributed by atoms with van der Waals surface area (Å²) in [7, 11) is 0. The third-order valence-corrected chi connectivity index (χ3v) is 6.08. The highest BCUT2D eigenvalue weighted by molar-refractivity contribution is 6.33. The summed E-state index contributed by atoms with van der Waals surface area (Å²) in [5, 5.41) is 6.37. The van der Waals surface area contributed by atoms with Crippen molar-refractivity contribution in [2.75, 3.05) is 13.1 Å². The molecule has 5 nitrogen and oxygen atoms in total. The standard InChI is InChI=1S/C24H30ClN3O2/c1-16(2)22(27-23(29)20-11-7-8-12-21(20)25)24(30)26-19-13-14-28(15-19)17(3)18-9-5-4-6-10-18/h4-12,16-17,19,22H,13-15H2,1-3H3,(H,26,30)(H,27,29). The van der Waals surface area contributed by atoms with Crippen LogP contribution in [0.5, 0.6) is 0 Å². The van der Waals surface area contributed by atoms with Crippen molar-refractivity contribution in [2.24, 2.45) is 5.92 Å². The lowest BCUT2D eigenvalue weighted by molar-refractivity contribution is -0.124. The molecule has 0 radical (unpaired) electrons. The number of hydrogen-bond acceptors (Lipinski definition) is 3. The molecule has 2 aromatic rings. The van der Waals surface area contributed by atoms with Crippen molar-refractivity contribution in [1.29, 1.82) is 0 Å². The first-order valence-corrected chi connectivity index (χ1v) is 10.9. The third-order valence-electron chi connectivity index (χ3n) is 5.75. The van der Waals surface area contributed by atoms with E-state index in [1.54, 1.807) is 24.3 Å². The van der Waals surface area contributed by atoms with E-state index < -0.39 is 6.04 Å². The Kier molecular flexibility index (Phi) is 7.51. The largest absolute Gasteiger partial charge is 0.350 e. The Labute approximate surface area is 183 Å². The lowest BCUT2D eigenvalue weighted by Gasteiger charge is -2.26. The second-order valence-corrected chi connectivity index (χ2v) is 8.66. The van der Waals surface area contributed by atoms with Gasteiger partial charge in [-0.05, 0) is 37.0 Å². The average Bonchev–Trinajstić information content (AvgIpc) is 3.20. The molecule has 0 spiro atoms. The van der Waals surface area contributed by atoms with E-state index >= 15 is 0 Å². The van der Waals surface area contributed by atoms with E-state index in [1.807, 2.05) is 19.9 Å². The van der Waals surface area contributed by atoms with Crippen LogP contribution in [0, 0.1) is 5.92 Å². The molecule has 1 aliphatic rings. The van der Waals surface area contributed by atoms with Gasteiger partial charge in [-0.2, -0.15) is 0 Å². The maximum absolute atomic E-state index is 13.0. The summed E-state index contributed by atoms with van der Waals surface area (Å²) in [6, 6.07) is 17.0. The van der Waals surface area contributed by atoms with Crippen LogP contribution < -0.4 is 10.6 Å². The Hall–Kier alpha value is -2.37. The van der Waals surface area contributed by atoms with Crippen LogP contribution in [-0.2, 0) is 4.79 Å². The highest BCUT2D eigenvalue weighted by atomic mass is 35.5. The van der Waals surface area contributed by atoms with E-state index in [0.717, 1.165) is 19.5 Å². The molecule has 6 heteroatoms. The molecule has 1 saturated heterocycles. The molecule has 0 saturated carbocycles. The number of nitrogens with one attached hydrogen (secondary N) is 2. The number of halogens is 1. The average molecular weight is 428 g/mol. The Morgan fingerprint density at radius 1 is 1.03 bits per heavy atom. The zero-order valence-electron chi connectivity index (χ0n) is 17.8. The molecule has 3 unspecified atom stereocenters. The van der Waals surface area contributed by atoms with Crippen LogP contribution in [0.25, 0.3) is 0 Å². The van der Waals surface area contributed by atoms with E-state index in [9.17, 15) is 9.59 Å². The van der Waals surface area contributed by atoms with Crippen molar-refractivity contribution in [3.63, 3.8) is 0 Å². The van der Waals surface area contributed by atoms with Gasteiger partial charge in [0.25, 0.3) is 5.91 Å². The quantitative estimate of drug-likeness (QED) is 0.700. The number of carbonyl (C=O) groups excluding carboxylic acids is 2. The van der Waals surface area contributed by atoms with Gasteiger partial charge < -0.3 is 10.6 Å². The van der Waals surface area contributed by atoms with Crippen LogP contribution in [-0.4, -0.2) is 41.9 Å². The van der Waals surface area contributed by atoms with Gasteiger partial charge in [-0.15, -0.1) is 0 Å². The molecule has 160 valence electrons. The van der Waals surface area contributed by atoms with E-state index in [1.165, 1.54) is 5.56 Å². The summed E-state index contributed by atoms with van der Waals surface area (Å²) in [6.45, 7) is 7.77. The number of carbonyl (C=O) groups is 2. The molecule has 2 aromatic carbocycles. The van der Waals surface area contributed by atoms with Gasteiger partial charge in [0.2, 0.25) is 5.91 Å². The first kappa shape index (κ1) is 22.3. The third kappa shape index (κ3) is 5.41. The number of rotatable bonds is 7. The van der Waals surface area contributed by atoms with Crippen LogP contribution >= 0.6 is 11.6 Å². The fourth-order valence-electron chi connectivity index (χ4n) is 3.89. The highest BCUT2D eigenvalue weighted by Gasteiger charge is 2.31. The second-order valence-electron chi connectivity index (χ2n) is 8.25. The molecule has 1 heterocycles. The zero-order valence-corrected chi connectivity index (χ0v) is 18.5. The molecule has 3 atom stereocenters. The smallest absolute Gasteiger partial charge is 0.253 e. The maximum Gasteiger partial charge on any atom is 0.253 e. The number of hydrogen-bond donors (Lipinski definition) is 2. The van der Waals surface area contributed by atoms with Crippen LogP contribution in [0.4, 0.5) is 0 Å². The van der Waals surface area contributed by atoms with Gasteiger partial charge in [0.15, 0.2) is 0 Å². The SMILES string of the molecule is CC(C)C(NC(=O)c1ccccc1Cl)C(=O)NC1CCN(C(C)c2ccccc2)C1. The summed E-state index contributed by atoms with van der Waals surface area (Å²) >= 11 is 6.13. The van der Waals surface area contributed by atoms with Gasteiger partial charge in [-0.1, -0.05) is 67.9 Å². The van der Waals surface area contributed by atoms with Crippen LogP contribution in [0.2, 0.25) is 5.02 Å². The topological polar surface area (TPSA) is 61.4 Å². The Morgan fingerprint density at radius 3 is 2.37 bits per heavy atom. The van der Waals surface area contributed by atoms with Gasteiger partial charge in [0, 0.05) is 25.2 Å². The van der Waals surface area contributed by atoms with Crippen molar-refractivity contribution in [3.8, 4) is 0 Å². The molecular weight excluding hydrogens is 398 g/mol. The van der Waals surface area contributed by atoms with Gasteiger partial charge in [-0.25, -0.2) is 0 Å². The Bertz CT molecular complexity index is 872. The predicted molar refractivity (Wildman–Crippen MR) is 121 cm³/mol. The summed E-state index contributed by atoms with van der Waals surface area (Å²) in [5.74, 6) is -0.526.